The summed E-state index contributed by atoms with van der Waals surface area (Å²) < 4.78 is 11.2. The molecule has 0 bridgehead atoms. The van der Waals surface area contributed by atoms with Crippen LogP contribution < -0.4 is 15.2 Å². The van der Waals surface area contributed by atoms with Gasteiger partial charge in [-0.1, -0.05) is 24.9 Å². The van der Waals surface area contributed by atoms with Crippen LogP contribution in [0.4, 0.5) is 0 Å². The fraction of sp³-hybridized carbons (Fsp3) is 0.538. The van der Waals surface area contributed by atoms with Crippen molar-refractivity contribution in [2.75, 3.05) is 7.11 Å². The molecule has 0 aliphatic rings. The van der Waals surface area contributed by atoms with Gasteiger partial charge in [-0.2, -0.15) is 0 Å². The SMILES string of the molecule is CCCC(C)Oc1c(CN)cc(Cl)cc1OC. The van der Waals surface area contributed by atoms with Crippen molar-refractivity contribution in [1.29, 1.82) is 0 Å². The zero-order valence-electron chi connectivity index (χ0n) is 10.6. The molecule has 1 aromatic carbocycles. The Balaban J connectivity index is 3.02. The number of benzene rings is 1. The second-order valence-corrected chi connectivity index (χ2v) is 4.45. The van der Waals surface area contributed by atoms with Crippen molar-refractivity contribution in [2.45, 2.75) is 39.3 Å². The third-order valence-corrected chi connectivity index (χ3v) is 2.77. The molecule has 0 radical (unpaired) electrons. The lowest BCUT2D eigenvalue weighted by molar-refractivity contribution is 0.199. The van der Waals surface area contributed by atoms with E-state index >= 15 is 0 Å². The van der Waals surface area contributed by atoms with Crippen LogP contribution in [0.5, 0.6) is 11.5 Å². The van der Waals surface area contributed by atoms with Gasteiger partial charge in [-0.15, -0.1) is 0 Å². The molecule has 0 aliphatic carbocycles. The van der Waals surface area contributed by atoms with Crippen LogP contribution in [0.25, 0.3) is 0 Å². The maximum Gasteiger partial charge on any atom is 0.166 e. The van der Waals surface area contributed by atoms with E-state index in [1.54, 1.807) is 13.2 Å². The Morgan fingerprint density at radius 1 is 1.41 bits per heavy atom. The molecule has 96 valence electrons. The van der Waals surface area contributed by atoms with Gasteiger partial charge in [0, 0.05) is 23.2 Å². The van der Waals surface area contributed by atoms with Crippen LogP contribution in [0, 0.1) is 0 Å². The number of methoxy groups -OCH3 is 1. The summed E-state index contributed by atoms with van der Waals surface area (Å²) in [5.74, 6) is 1.35. The summed E-state index contributed by atoms with van der Waals surface area (Å²) in [4.78, 5) is 0. The fourth-order valence-corrected chi connectivity index (χ4v) is 1.96. The van der Waals surface area contributed by atoms with Crippen molar-refractivity contribution < 1.29 is 9.47 Å². The minimum Gasteiger partial charge on any atom is -0.493 e. The largest absolute Gasteiger partial charge is 0.493 e. The van der Waals surface area contributed by atoms with E-state index in [2.05, 4.69) is 6.92 Å². The Bertz CT molecular complexity index is 343. The lowest BCUT2D eigenvalue weighted by Crippen LogP contribution is -2.14. The van der Waals surface area contributed by atoms with Crippen molar-refractivity contribution >= 4 is 11.6 Å². The highest BCUT2D eigenvalue weighted by Gasteiger charge is 2.14. The normalized spacial score (nSPS) is 12.3. The molecular weight excluding hydrogens is 238 g/mol. The second kappa shape index (κ2) is 6.72. The molecule has 0 saturated heterocycles. The minimum absolute atomic E-state index is 0.139. The van der Waals surface area contributed by atoms with Crippen molar-refractivity contribution in [1.82, 2.24) is 0 Å². The molecule has 1 unspecified atom stereocenters. The molecule has 1 aromatic rings. The van der Waals surface area contributed by atoms with Gasteiger partial charge in [-0.25, -0.2) is 0 Å². The number of hydrogen-bond donors (Lipinski definition) is 1. The smallest absolute Gasteiger partial charge is 0.166 e. The van der Waals surface area contributed by atoms with Gasteiger partial charge in [0.2, 0.25) is 0 Å². The van der Waals surface area contributed by atoms with E-state index in [-0.39, 0.29) is 6.10 Å². The maximum atomic E-state index is 5.99. The molecule has 2 N–H and O–H groups in total. The molecular formula is C13H20ClNO2. The summed E-state index contributed by atoms with van der Waals surface area (Å²) in [5.41, 5.74) is 6.57. The molecule has 0 amide bonds. The highest BCUT2D eigenvalue weighted by Crippen LogP contribution is 2.35. The first-order valence-electron chi connectivity index (χ1n) is 5.85. The Labute approximate surface area is 108 Å². The molecule has 0 spiro atoms. The van der Waals surface area contributed by atoms with E-state index in [1.807, 2.05) is 13.0 Å². The summed E-state index contributed by atoms with van der Waals surface area (Å²) in [7, 11) is 1.60. The molecule has 0 heterocycles. The van der Waals surface area contributed by atoms with E-state index in [0.29, 0.717) is 23.1 Å². The van der Waals surface area contributed by atoms with Crippen LogP contribution >= 0.6 is 11.6 Å². The lowest BCUT2D eigenvalue weighted by Gasteiger charge is -2.19. The van der Waals surface area contributed by atoms with Gasteiger partial charge in [0.05, 0.1) is 13.2 Å². The molecule has 0 fully saturated rings. The number of hydrogen-bond acceptors (Lipinski definition) is 3. The Kier molecular flexibility index (Phi) is 5.59. The molecule has 1 atom stereocenters. The van der Waals surface area contributed by atoms with E-state index < -0.39 is 0 Å². The predicted octanol–water partition coefficient (Wildman–Crippen LogP) is 3.37. The van der Waals surface area contributed by atoms with Gasteiger partial charge in [0.15, 0.2) is 11.5 Å². The highest BCUT2D eigenvalue weighted by atomic mass is 35.5. The Morgan fingerprint density at radius 3 is 2.65 bits per heavy atom. The fourth-order valence-electron chi connectivity index (χ4n) is 1.73. The van der Waals surface area contributed by atoms with Crippen LogP contribution in [-0.4, -0.2) is 13.2 Å². The summed E-state index contributed by atoms with van der Waals surface area (Å²) in [5, 5.41) is 0.609. The average Bonchev–Trinajstić information content (AvgIpc) is 2.31. The first-order valence-corrected chi connectivity index (χ1v) is 6.23. The van der Waals surface area contributed by atoms with Gasteiger partial charge < -0.3 is 15.2 Å². The van der Waals surface area contributed by atoms with Crippen LogP contribution in [-0.2, 0) is 6.54 Å². The molecule has 1 rings (SSSR count). The summed E-state index contributed by atoms with van der Waals surface area (Å²) >= 11 is 5.99. The van der Waals surface area contributed by atoms with Crippen LogP contribution in [0.15, 0.2) is 12.1 Å². The second-order valence-electron chi connectivity index (χ2n) is 4.02. The average molecular weight is 258 g/mol. The van der Waals surface area contributed by atoms with Crippen molar-refractivity contribution in [3.63, 3.8) is 0 Å². The van der Waals surface area contributed by atoms with Crippen molar-refractivity contribution in [3.05, 3.63) is 22.7 Å². The van der Waals surface area contributed by atoms with Gasteiger partial charge >= 0.3 is 0 Å². The molecule has 0 saturated carbocycles. The topological polar surface area (TPSA) is 44.5 Å². The van der Waals surface area contributed by atoms with E-state index in [0.717, 1.165) is 18.4 Å². The molecule has 17 heavy (non-hydrogen) atoms. The van der Waals surface area contributed by atoms with Gasteiger partial charge in [-0.05, 0) is 19.4 Å². The van der Waals surface area contributed by atoms with Crippen molar-refractivity contribution in [3.8, 4) is 11.5 Å². The third kappa shape index (κ3) is 3.79. The highest BCUT2D eigenvalue weighted by molar-refractivity contribution is 6.30. The number of halogens is 1. The monoisotopic (exact) mass is 257 g/mol. The Morgan fingerprint density at radius 2 is 2.12 bits per heavy atom. The van der Waals surface area contributed by atoms with E-state index in [4.69, 9.17) is 26.8 Å². The van der Waals surface area contributed by atoms with Gasteiger partial charge in [0.1, 0.15) is 0 Å². The molecule has 0 aromatic heterocycles. The lowest BCUT2D eigenvalue weighted by atomic mass is 10.1. The molecule has 4 heteroatoms. The van der Waals surface area contributed by atoms with Crippen LogP contribution in [0.3, 0.4) is 0 Å². The number of ether oxygens (including phenoxy) is 2. The molecule has 3 nitrogen and oxygen atoms in total. The van der Waals surface area contributed by atoms with E-state index in [9.17, 15) is 0 Å². The molecule has 0 aliphatic heterocycles. The first kappa shape index (κ1) is 14.1. The van der Waals surface area contributed by atoms with Crippen LogP contribution in [0.2, 0.25) is 5.02 Å². The first-order chi connectivity index (χ1) is 8.12. The summed E-state index contributed by atoms with van der Waals surface area (Å²) in [6.07, 6.45) is 2.21. The van der Waals surface area contributed by atoms with Crippen molar-refractivity contribution in [2.24, 2.45) is 5.73 Å². The number of rotatable bonds is 6. The minimum atomic E-state index is 0.139. The van der Waals surface area contributed by atoms with Gasteiger partial charge in [-0.3, -0.25) is 0 Å². The zero-order valence-corrected chi connectivity index (χ0v) is 11.4. The summed E-state index contributed by atoms with van der Waals surface area (Å²) in [6, 6.07) is 3.56. The predicted molar refractivity (Wildman–Crippen MR) is 70.9 cm³/mol. The van der Waals surface area contributed by atoms with E-state index in [1.165, 1.54) is 0 Å². The number of nitrogens with two attached hydrogens (primary N) is 1. The van der Waals surface area contributed by atoms with Gasteiger partial charge in [0.25, 0.3) is 0 Å². The van der Waals surface area contributed by atoms with Crippen LogP contribution in [0.1, 0.15) is 32.3 Å². The quantitative estimate of drug-likeness (QED) is 0.850. The maximum absolute atomic E-state index is 5.99. The Hall–Kier alpha value is -0.930. The third-order valence-electron chi connectivity index (χ3n) is 2.55. The summed E-state index contributed by atoms with van der Waals surface area (Å²) in [6.45, 7) is 4.55. The zero-order chi connectivity index (χ0) is 12.8. The standard InChI is InChI=1S/C13H20ClNO2/c1-4-5-9(2)17-13-10(8-15)6-11(14)7-12(13)16-3/h6-7,9H,4-5,8,15H2,1-3H3.